The highest BCUT2D eigenvalue weighted by Crippen LogP contribution is 2.25. The molecule has 17 heavy (non-hydrogen) atoms. The van der Waals surface area contributed by atoms with E-state index in [1.54, 1.807) is 18.2 Å². The normalized spacial score (nSPS) is 10.9. The summed E-state index contributed by atoms with van der Waals surface area (Å²) in [5.74, 6) is -0.0319. The van der Waals surface area contributed by atoms with Crippen LogP contribution < -0.4 is 5.73 Å². The topological polar surface area (TPSA) is 64.9 Å². The minimum Gasteiger partial charge on any atom is -0.418 e. The lowest BCUT2D eigenvalue weighted by atomic mass is 10.2. The van der Waals surface area contributed by atoms with Crippen LogP contribution in [0, 0.1) is 5.82 Å². The van der Waals surface area contributed by atoms with E-state index in [1.807, 2.05) is 0 Å². The maximum Gasteiger partial charge on any atom is 0.249 e. The molecule has 0 aliphatic heterocycles. The average molecular weight is 229 g/mol. The second kappa shape index (κ2) is 3.55. The zero-order valence-electron chi connectivity index (χ0n) is 8.72. The van der Waals surface area contributed by atoms with Gasteiger partial charge in [-0.05, 0) is 24.3 Å². The molecule has 0 bridgehead atoms. The molecule has 0 saturated carbocycles. The summed E-state index contributed by atoms with van der Waals surface area (Å²) in [5.41, 5.74) is 7.63. The van der Waals surface area contributed by atoms with Gasteiger partial charge in [0.25, 0.3) is 0 Å². The monoisotopic (exact) mass is 229 g/mol. The number of hydrogen-bond donors (Lipinski definition) is 1. The lowest BCUT2D eigenvalue weighted by Gasteiger charge is -1.93. The van der Waals surface area contributed by atoms with E-state index < -0.39 is 0 Å². The molecule has 2 aromatic heterocycles. The Morgan fingerprint density at radius 3 is 2.88 bits per heavy atom. The predicted octanol–water partition coefficient (Wildman–Crippen LogP) is 2.61. The summed E-state index contributed by atoms with van der Waals surface area (Å²) in [4.78, 5) is 8.21. The molecule has 0 spiro atoms. The molecule has 0 fully saturated rings. The molecule has 3 aromatic rings. The van der Waals surface area contributed by atoms with E-state index in [4.69, 9.17) is 10.2 Å². The second-order valence-electron chi connectivity index (χ2n) is 3.58. The fourth-order valence-electron chi connectivity index (χ4n) is 1.60. The SMILES string of the molecule is Nc1ccnc2oc(-c3cccc(F)c3)nc12. The maximum absolute atomic E-state index is 13.1. The van der Waals surface area contributed by atoms with Gasteiger partial charge in [-0.15, -0.1) is 0 Å². The van der Waals surface area contributed by atoms with Crippen LogP contribution in [0.2, 0.25) is 0 Å². The Morgan fingerprint density at radius 1 is 1.24 bits per heavy atom. The van der Waals surface area contributed by atoms with Crippen molar-refractivity contribution in [3.8, 4) is 11.5 Å². The van der Waals surface area contributed by atoms with Gasteiger partial charge in [-0.2, -0.15) is 0 Å². The van der Waals surface area contributed by atoms with Gasteiger partial charge in [-0.25, -0.2) is 14.4 Å². The van der Waals surface area contributed by atoms with E-state index in [2.05, 4.69) is 9.97 Å². The number of anilines is 1. The minimum atomic E-state index is -0.342. The molecule has 84 valence electrons. The van der Waals surface area contributed by atoms with Gasteiger partial charge in [-0.3, -0.25) is 0 Å². The first-order valence-electron chi connectivity index (χ1n) is 5.01. The first-order chi connectivity index (χ1) is 8.24. The number of oxazole rings is 1. The number of nitrogens with two attached hydrogens (primary N) is 1. The highest BCUT2D eigenvalue weighted by atomic mass is 19.1. The van der Waals surface area contributed by atoms with E-state index >= 15 is 0 Å². The number of aromatic nitrogens is 2. The molecule has 0 amide bonds. The maximum atomic E-state index is 13.1. The molecule has 1 aromatic carbocycles. The van der Waals surface area contributed by atoms with Crippen molar-refractivity contribution in [2.24, 2.45) is 0 Å². The van der Waals surface area contributed by atoms with Crippen molar-refractivity contribution in [1.82, 2.24) is 9.97 Å². The number of nitrogen functional groups attached to an aromatic ring is 1. The van der Waals surface area contributed by atoms with Gasteiger partial charge < -0.3 is 10.2 Å². The quantitative estimate of drug-likeness (QED) is 0.696. The van der Waals surface area contributed by atoms with Gasteiger partial charge in [0.2, 0.25) is 11.6 Å². The van der Waals surface area contributed by atoms with Crippen molar-refractivity contribution in [2.75, 3.05) is 5.73 Å². The number of halogens is 1. The Labute approximate surface area is 95.9 Å². The van der Waals surface area contributed by atoms with E-state index in [9.17, 15) is 4.39 Å². The summed E-state index contributed by atoms with van der Waals surface area (Å²) < 4.78 is 18.5. The van der Waals surface area contributed by atoms with Crippen molar-refractivity contribution < 1.29 is 8.81 Å². The summed E-state index contributed by atoms with van der Waals surface area (Å²) >= 11 is 0. The van der Waals surface area contributed by atoms with Crippen LogP contribution in [0.4, 0.5) is 10.1 Å². The Kier molecular flexibility index (Phi) is 2.04. The third-order valence-corrected chi connectivity index (χ3v) is 2.40. The van der Waals surface area contributed by atoms with Gasteiger partial charge in [0.05, 0.1) is 5.69 Å². The number of benzene rings is 1. The van der Waals surface area contributed by atoms with Crippen molar-refractivity contribution in [1.29, 1.82) is 0 Å². The first kappa shape index (κ1) is 9.77. The molecule has 0 aliphatic rings. The van der Waals surface area contributed by atoms with Crippen LogP contribution in [-0.4, -0.2) is 9.97 Å². The number of rotatable bonds is 1. The van der Waals surface area contributed by atoms with Gasteiger partial charge in [-0.1, -0.05) is 6.07 Å². The number of pyridine rings is 1. The highest BCUT2D eigenvalue weighted by Gasteiger charge is 2.11. The first-order valence-corrected chi connectivity index (χ1v) is 5.01. The third-order valence-electron chi connectivity index (χ3n) is 2.40. The van der Waals surface area contributed by atoms with E-state index in [1.165, 1.54) is 18.3 Å². The zero-order chi connectivity index (χ0) is 11.8. The molecule has 0 saturated heterocycles. The molecule has 3 rings (SSSR count). The summed E-state index contributed by atoms with van der Waals surface area (Å²) in [7, 11) is 0. The Hall–Kier alpha value is -2.43. The lowest BCUT2D eigenvalue weighted by Crippen LogP contribution is -1.86. The van der Waals surface area contributed by atoms with E-state index in [0.717, 1.165) is 0 Å². The summed E-state index contributed by atoms with van der Waals surface area (Å²) in [6.07, 6.45) is 1.54. The number of fused-ring (bicyclic) bond motifs is 1. The Bertz CT molecular complexity index is 693. The van der Waals surface area contributed by atoms with Crippen molar-refractivity contribution >= 4 is 16.9 Å². The van der Waals surface area contributed by atoms with Gasteiger partial charge >= 0.3 is 0 Å². The van der Waals surface area contributed by atoms with Crippen LogP contribution in [0.15, 0.2) is 40.9 Å². The highest BCUT2D eigenvalue weighted by molar-refractivity contribution is 5.84. The summed E-state index contributed by atoms with van der Waals surface area (Å²) in [6.45, 7) is 0. The minimum absolute atomic E-state index is 0.310. The standard InChI is InChI=1S/C12H8FN3O/c13-8-3-1-2-7(6-8)11-16-10-9(14)4-5-15-12(10)17-11/h1-6H,(H2,14,15). The van der Waals surface area contributed by atoms with E-state index in [0.29, 0.717) is 28.4 Å². The second-order valence-corrected chi connectivity index (χ2v) is 3.58. The smallest absolute Gasteiger partial charge is 0.249 e. The lowest BCUT2D eigenvalue weighted by molar-refractivity contribution is 0.602. The molecular weight excluding hydrogens is 221 g/mol. The molecule has 0 unspecified atom stereocenters. The Balaban J connectivity index is 2.22. The van der Waals surface area contributed by atoms with E-state index in [-0.39, 0.29) is 5.82 Å². The summed E-state index contributed by atoms with van der Waals surface area (Å²) in [6, 6.07) is 7.65. The third kappa shape index (κ3) is 1.61. The fourth-order valence-corrected chi connectivity index (χ4v) is 1.60. The molecular formula is C12H8FN3O. The average Bonchev–Trinajstić information content (AvgIpc) is 2.74. The van der Waals surface area contributed by atoms with Gasteiger partial charge in [0, 0.05) is 11.8 Å². The molecule has 2 heterocycles. The molecule has 5 heteroatoms. The van der Waals surface area contributed by atoms with Crippen LogP contribution in [0.3, 0.4) is 0 Å². The molecule has 4 nitrogen and oxygen atoms in total. The fraction of sp³-hybridized carbons (Fsp3) is 0. The van der Waals surface area contributed by atoms with Crippen LogP contribution >= 0.6 is 0 Å². The number of hydrogen-bond acceptors (Lipinski definition) is 4. The van der Waals surface area contributed by atoms with Gasteiger partial charge in [0.15, 0.2) is 5.52 Å². The van der Waals surface area contributed by atoms with Crippen LogP contribution in [0.25, 0.3) is 22.7 Å². The van der Waals surface area contributed by atoms with Gasteiger partial charge in [0.1, 0.15) is 5.82 Å². The Morgan fingerprint density at radius 2 is 2.12 bits per heavy atom. The van der Waals surface area contributed by atoms with Crippen molar-refractivity contribution in [2.45, 2.75) is 0 Å². The number of nitrogens with zero attached hydrogens (tertiary/aromatic N) is 2. The van der Waals surface area contributed by atoms with Crippen LogP contribution in [-0.2, 0) is 0 Å². The molecule has 0 radical (unpaired) electrons. The largest absolute Gasteiger partial charge is 0.418 e. The zero-order valence-corrected chi connectivity index (χ0v) is 8.72. The van der Waals surface area contributed by atoms with Crippen molar-refractivity contribution in [3.05, 3.63) is 42.3 Å². The molecule has 0 atom stereocenters. The predicted molar refractivity (Wildman–Crippen MR) is 61.6 cm³/mol. The van der Waals surface area contributed by atoms with Crippen LogP contribution in [0.1, 0.15) is 0 Å². The molecule has 2 N–H and O–H groups in total. The molecule has 0 aliphatic carbocycles. The van der Waals surface area contributed by atoms with Crippen LogP contribution in [0.5, 0.6) is 0 Å². The van der Waals surface area contributed by atoms with Crippen molar-refractivity contribution in [3.63, 3.8) is 0 Å². The summed E-state index contributed by atoms with van der Waals surface area (Å²) in [5, 5.41) is 0.